The Hall–Kier alpha value is -2.03. The number of amides is 1. The number of carbonyl (C=O) groups is 1. The number of rotatable bonds is 4. The van der Waals surface area contributed by atoms with Crippen molar-refractivity contribution in [1.29, 1.82) is 0 Å². The first-order valence-corrected chi connectivity index (χ1v) is 8.66. The molecule has 1 aliphatic heterocycles. The van der Waals surface area contributed by atoms with Crippen LogP contribution in [0, 0.1) is 10.1 Å². The van der Waals surface area contributed by atoms with Crippen LogP contribution in [0.15, 0.2) is 24.4 Å². The van der Waals surface area contributed by atoms with E-state index in [1.165, 1.54) is 29.5 Å². The van der Waals surface area contributed by atoms with Gasteiger partial charge in [0.1, 0.15) is 10.6 Å². The molecule has 0 unspecified atom stereocenters. The summed E-state index contributed by atoms with van der Waals surface area (Å²) in [6.45, 7) is 1.94. The number of thiazole rings is 1. The lowest BCUT2D eigenvalue weighted by Crippen LogP contribution is -2.26. The van der Waals surface area contributed by atoms with E-state index in [-0.39, 0.29) is 10.6 Å². The molecule has 126 valence electrons. The van der Waals surface area contributed by atoms with Crippen molar-refractivity contribution >= 4 is 39.7 Å². The molecule has 0 bridgehead atoms. The Labute approximate surface area is 147 Å². The van der Waals surface area contributed by atoms with Crippen LogP contribution in [0.4, 0.5) is 10.8 Å². The predicted molar refractivity (Wildman–Crippen MR) is 93.0 cm³/mol. The Morgan fingerprint density at radius 3 is 2.88 bits per heavy atom. The van der Waals surface area contributed by atoms with Crippen molar-refractivity contribution < 1.29 is 9.72 Å². The average Bonchev–Trinajstić information content (AvgIpc) is 3.03. The van der Waals surface area contributed by atoms with Crippen LogP contribution >= 0.6 is 22.9 Å². The molecule has 1 fully saturated rings. The molecule has 7 nitrogen and oxygen atoms in total. The maximum absolute atomic E-state index is 12.4. The zero-order valence-corrected chi connectivity index (χ0v) is 14.2. The van der Waals surface area contributed by atoms with Gasteiger partial charge in [0.25, 0.3) is 5.91 Å². The van der Waals surface area contributed by atoms with Gasteiger partial charge in [-0.15, -0.1) is 11.3 Å². The second kappa shape index (κ2) is 7.25. The van der Waals surface area contributed by atoms with Gasteiger partial charge in [-0.05, 0) is 44.0 Å². The van der Waals surface area contributed by atoms with E-state index < -0.39 is 16.5 Å². The number of aromatic nitrogens is 1. The van der Waals surface area contributed by atoms with Crippen molar-refractivity contribution in [3.63, 3.8) is 0 Å². The summed E-state index contributed by atoms with van der Waals surface area (Å²) in [5.74, 6) is -0.148. The van der Waals surface area contributed by atoms with Crippen molar-refractivity contribution in [2.24, 2.45) is 0 Å². The summed E-state index contributed by atoms with van der Waals surface area (Å²) >= 11 is 7.24. The Balaban J connectivity index is 1.77. The van der Waals surface area contributed by atoms with Crippen LogP contribution in [0.1, 0.15) is 34.0 Å². The van der Waals surface area contributed by atoms with Gasteiger partial charge in [0, 0.05) is 11.1 Å². The molecule has 9 heteroatoms. The van der Waals surface area contributed by atoms with Crippen molar-refractivity contribution in [3.05, 3.63) is 50.0 Å². The maximum Gasteiger partial charge on any atom is 0.300 e. The number of halogens is 1. The first kappa shape index (κ1) is 16.8. The van der Waals surface area contributed by atoms with Gasteiger partial charge in [-0.3, -0.25) is 20.2 Å². The van der Waals surface area contributed by atoms with E-state index in [0.717, 1.165) is 30.8 Å². The predicted octanol–water partition coefficient (Wildman–Crippen LogP) is 3.42. The van der Waals surface area contributed by atoms with Crippen LogP contribution in [0.3, 0.4) is 0 Å². The minimum absolute atomic E-state index is 0.0674. The van der Waals surface area contributed by atoms with Crippen molar-refractivity contribution in [2.45, 2.75) is 18.8 Å². The maximum atomic E-state index is 12.4. The summed E-state index contributed by atoms with van der Waals surface area (Å²) in [5, 5.41) is 17.4. The molecule has 0 radical (unpaired) electrons. The lowest BCUT2D eigenvalue weighted by Gasteiger charge is -2.20. The molecular formula is C15H15ClN4O3S. The van der Waals surface area contributed by atoms with Gasteiger partial charge in [0.05, 0.1) is 4.92 Å². The third-order valence-corrected chi connectivity index (χ3v) is 5.28. The molecule has 1 aliphatic rings. The summed E-state index contributed by atoms with van der Waals surface area (Å²) in [4.78, 5) is 28.2. The molecule has 3 rings (SSSR count). The number of nitrogens with zero attached hydrogens (tertiary/aromatic N) is 2. The molecule has 0 atom stereocenters. The Morgan fingerprint density at radius 2 is 2.17 bits per heavy atom. The number of benzene rings is 1. The molecule has 24 heavy (non-hydrogen) atoms. The van der Waals surface area contributed by atoms with Crippen LogP contribution in [0.2, 0.25) is 5.02 Å². The Bertz CT molecular complexity index is 774. The van der Waals surface area contributed by atoms with Gasteiger partial charge in [-0.1, -0.05) is 17.7 Å². The van der Waals surface area contributed by atoms with E-state index in [0.29, 0.717) is 11.0 Å². The third-order valence-electron chi connectivity index (χ3n) is 3.90. The molecule has 1 aromatic heterocycles. The molecule has 2 N–H and O–H groups in total. The minimum Gasteiger partial charge on any atom is -0.317 e. The number of para-hydroxylation sites is 1. The highest BCUT2D eigenvalue weighted by Gasteiger charge is 2.25. The lowest BCUT2D eigenvalue weighted by atomic mass is 9.97. The Morgan fingerprint density at radius 1 is 1.42 bits per heavy atom. The molecule has 2 aromatic rings. The number of hydrogen-bond acceptors (Lipinski definition) is 6. The van der Waals surface area contributed by atoms with Gasteiger partial charge in [-0.2, -0.15) is 0 Å². The summed E-state index contributed by atoms with van der Waals surface area (Å²) < 4.78 is 0. The fourth-order valence-corrected chi connectivity index (χ4v) is 3.91. The van der Waals surface area contributed by atoms with Crippen LogP contribution in [0.5, 0.6) is 0 Å². The highest BCUT2D eigenvalue weighted by molar-refractivity contribution is 7.15. The van der Waals surface area contributed by atoms with E-state index in [1.807, 2.05) is 0 Å². The van der Waals surface area contributed by atoms with Gasteiger partial charge in [-0.25, -0.2) is 4.98 Å². The van der Waals surface area contributed by atoms with Crippen molar-refractivity contribution in [3.8, 4) is 0 Å². The summed E-state index contributed by atoms with van der Waals surface area (Å²) in [5.41, 5.74) is -0.474. The number of anilines is 1. The zero-order chi connectivity index (χ0) is 17.1. The zero-order valence-electron chi connectivity index (χ0n) is 12.6. The lowest BCUT2D eigenvalue weighted by molar-refractivity contribution is -0.385. The van der Waals surface area contributed by atoms with Crippen LogP contribution < -0.4 is 10.6 Å². The molecule has 2 heterocycles. The number of nitrogens with one attached hydrogen (secondary N) is 2. The van der Waals surface area contributed by atoms with E-state index in [2.05, 4.69) is 15.6 Å². The van der Waals surface area contributed by atoms with Crippen molar-refractivity contribution in [2.75, 3.05) is 18.4 Å². The molecule has 1 amide bonds. The number of nitro groups is 1. The fourth-order valence-electron chi connectivity index (χ4n) is 2.69. The first-order chi connectivity index (χ1) is 11.6. The molecule has 0 spiro atoms. The molecule has 1 saturated heterocycles. The number of piperidine rings is 1. The largest absolute Gasteiger partial charge is 0.317 e. The monoisotopic (exact) mass is 366 g/mol. The summed E-state index contributed by atoms with van der Waals surface area (Å²) in [6.07, 6.45) is 3.84. The molecular weight excluding hydrogens is 352 g/mol. The van der Waals surface area contributed by atoms with E-state index in [4.69, 9.17) is 11.6 Å². The minimum atomic E-state index is -0.653. The molecule has 1 aromatic carbocycles. The van der Waals surface area contributed by atoms with Gasteiger partial charge in [0.2, 0.25) is 0 Å². The third kappa shape index (κ3) is 3.55. The fraction of sp³-hybridized carbons (Fsp3) is 0.333. The number of nitro benzene ring substituents is 1. The highest BCUT2D eigenvalue weighted by Crippen LogP contribution is 2.33. The molecule has 0 aliphatic carbocycles. The standard InChI is InChI=1S/C15H15ClN4O3S/c16-11-3-1-2-10(13(11)20(22)23)14(21)19-15-18-8-12(24-15)9-4-6-17-7-5-9/h1-3,8-9,17H,4-7H2,(H,18,19,21). The van der Waals surface area contributed by atoms with E-state index in [1.54, 1.807) is 6.20 Å². The smallest absolute Gasteiger partial charge is 0.300 e. The van der Waals surface area contributed by atoms with E-state index in [9.17, 15) is 14.9 Å². The van der Waals surface area contributed by atoms with Crippen molar-refractivity contribution in [1.82, 2.24) is 10.3 Å². The van der Waals surface area contributed by atoms with Gasteiger partial charge in [0.15, 0.2) is 5.13 Å². The highest BCUT2D eigenvalue weighted by atomic mass is 35.5. The van der Waals surface area contributed by atoms with Gasteiger partial charge >= 0.3 is 5.69 Å². The second-order valence-electron chi connectivity index (χ2n) is 5.44. The number of carbonyl (C=O) groups excluding carboxylic acids is 1. The first-order valence-electron chi connectivity index (χ1n) is 7.47. The molecule has 0 saturated carbocycles. The normalized spacial score (nSPS) is 15.2. The topological polar surface area (TPSA) is 97.2 Å². The SMILES string of the molecule is O=C(Nc1ncc(C2CCNCC2)s1)c1cccc(Cl)c1[N+](=O)[O-]. The van der Waals surface area contributed by atoms with E-state index >= 15 is 0 Å². The number of hydrogen-bond donors (Lipinski definition) is 2. The summed E-state index contributed by atoms with van der Waals surface area (Å²) in [7, 11) is 0. The average molecular weight is 367 g/mol. The van der Waals surface area contributed by atoms with Crippen LogP contribution in [-0.4, -0.2) is 28.9 Å². The Kier molecular flexibility index (Phi) is 5.08. The summed E-state index contributed by atoms with van der Waals surface area (Å²) in [6, 6.07) is 4.27. The second-order valence-corrected chi connectivity index (χ2v) is 6.91. The van der Waals surface area contributed by atoms with Gasteiger partial charge < -0.3 is 5.32 Å². The van der Waals surface area contributed by atoms with Crippen LogP contribution in [0.25, 0.3) is 0 Å². The van der Waals surface area contributed by atoms with Crippen LogP contribution in [-0.2, 0) is 0 Å². The quantitative estimate of drug-likeness (QED) is 0.638.